The SMILES string of the molecule is Cc1cc(F)cnc1-c1cn(C2CC(CO)C2)nc1C(F)F. The standard InChI is InChI=1S/C15H16F3N3O/c1-8-2-10(16)5-19-13(8)12-6-21(20-14(12)15(17)18)11-3-9(4-11)7-22/h2,5-6,9,11,15,22H,3-4,7H2,1H3. The minimum absolute atomic E-state index is 0.0177. The van der Waals surface area contributed by atoms with Crippen molar-refractivity contribution in [3.63, 3.8) is 0 Å². The maximum atomic E-state index is 13.2. The van der Waals surface area contributed by atoms with E-state index >= 15 is 0 Å². The lowest BCUT2D eigenvalue weighted by atomic mass is 9.81. The summed E-state index contributed by atoms with van der Waals surface area (Å²) in [7, 11) is 0. The summed E-state index contributed by atoms with van der Waals surface area (Å²) in [4.78, 5) is 3.94. The summed E-state index contributed by atoms with van der Waals surface area (Å²) in [5, 5.41) is 13.0. The molecule has 22 heavy (non-hydrogen) atoms. The third-order valence-electron chi connectivity index (χ3n) is 4.11. The first kappa shape index (κ1) is 15.0. The predicted molar refractivity (Wildman–Crippen MR) is 74.0 cm³/mol. The maximum Gasteiger partial charge on any atom is 0.282 e. The molecule has 0 aromatic carbocycles. The summed E-state index contributed by atoms with van der Waals surface area (Å²) < 4.78 is 41.2. The number of hydrogen-bond acceptors (Lipinski definition) is 3. The maximum absolute atomic E-state index is 13.2. The number of aliphatic hydroxyl groups excluding tert-OH is 1. The van der Waals surface area contributed by atoms with Gasteiger partial charge in [0.2, 0.25) is 0 Å². The van der Waals surface area contributed by atoms with Gasteiger partial charge in [0, 0.05) is 18.4 Å². The van der Waals surface area contributed by atoms with Gasteiger partial charge in [0.25, 0.3) is 6.43 Å². The van der Waals surface area contributed by atoms with E-state index in [0.717, 1.165) is 19.0 Å². The van der Waals surface area contributed by atoms with Crippen molar-refractivity contribution in [3.05, 3.63) is 35.5 Å². The van der Waals surface area contributed by atoms with Crippen LogP contribution in [0.15, 0.2) is 18.5 Å². The van der Waals surface area contributed by atoms with E-state index in [-0.39, 0.29) is 29.8 Å². The summed E-state index contributed by atoms with van der Waals surface area (Å²) in [5.74, 6) is -0.296. The van der Waals surface area contributed by atoms with E-state index in [1.54, 1.807) is 13.1 Å². The van der Waals surface area contributed by atoms with E-state index in [1.165, 1.54) is 10.7 Å². The van der Waals surface area contributed by atoms with Gasteiger partial charge in [0.05, 0.1) is 17.9 Å². The fraction of sp³-hybridized carbons (Fsp3) is 0.467. The normalized spacial score (nSPS) is 21.2. The third kappa shape index (κ3) is 2.61. The fourth-order valence-electron chi connectivity index (χ4n) is 2.82. The van der Waals surface area contributed by atoms with Gasteiger partial charge in [-0.15, -0.1) is 0 Å². The lowest BCUT2D eigenvalue weighted by Gasteiger charge is -2.34. The zero-order valence-electron chi connectivity index (χ0n) is 12.0. The number of aryl methyl sites for hydroxylation is 1. The first-order valence-electron chi connectivity index (χ1n) is 7.10. The number of rotatable bonds is 4. The summed E-state index contributed by atoms with van der Waals surface area (Å²) >= 11 is 0. The van der Waals surface area contributed by atoms with E-state index in [0.29, 0.717) is 11.3 Å². The minimum atomic E-state index is -2.73. The summed E-state index contributed by atoms with van der Waals surface area (Å²) in [6.07, 6.45) is 1.27. The Bertz CT molecular complexity index is 681. The number of nitrogens with zero attached hydrogens (tertiary/aromatic N) is 3. The van der Waals surface area contributed by atoms with Crippen molar-refractivity contribution in [3.8, 4) is 11.3 Å². The molecule has 118 valence electrons. The van der Waals surface area contributed by atoms with Crippen molar-refractivity contribution in [2.75, 3.05) is 6.61 Å². The van der Waals surface area contributed by atoms with E-state index in [2.05, 4.69) is 10.1 Å². The molecule has 0 aliphatic heterocycles. The fourth-order valence-corrected chi connectivity index (χ4v) is 2.82. The van der Waals surface area contributed by atoms with Gasteiger partial charge in [-0.05, 0) is 37.3 Å². The molecular formula is C15H16F3N3O. The van der Waals surface area contributed by atoms with E-state index in [9.17, 15) is 13.2 Å². The molecule has 1 N–H and O–H groups in total. The Hall–Kier alpha value is -1.89. The second-order valence-electron chi connectivity index (χ2n) is 5.70. The molecule has 0 atom stereocenters. The van der Waals surface area contributed by atoms with Crippen LogP contribution in [0, 0.1) is 18.7 Å². The van der Waals surface area contributed by atoms with Gasteiger partial charge in [-0.25, -0.2) is 13.2 Å². The van der Waals surface area contributed by atoms with Crippen LogP contribution in [0.5, 0.6) is 0 Å². The van der Waals surface area contributed by atoms with Gasteiger partial charge in [-0.2, -0.15) is 5.10 Å². The Balaban J connectivity index is 1.98. The minimum Gasteiger partial charge on any atom is -0.396 e. The zero-order valence-corrected chi connectivity index (χ0v) is 12.0. The predicted octanol–water partition coefficient (Wildman–Crippen LogP) is 3.27. The van der Waals surface area contributed by atoms with Crippen molar-refractivity contribution < 1.29 is 18.3 Å². The van der Waals surface area contributed by atoms with Crippen LogP contribution in [0.4, 0.5) is 13.2 Å². The molecule has 1 fully saturated rings. The van der Waals surface area contributed by atoms with Crippen molar-refractivity contribution in [1.29, 1.82) is 0 Å². The average molecular weight is 311 g/mol. The van der Waals surface area contributed by atoms with Crippen LogP contribution in [0.2, 0.25) is 0 Å². The highest BCUT2D eigenvalue weighted by atomic mass is 19.3. The number of pyridine rings is 1. The number of alkyl halides is 2. The van der Waals surface area contributed by atoms with Gasteiger partial charge in [0.1, 0.15) is 11.5 Å². The highest BCUT2D eigenvalue weighted by Gasteiger charge is 2.32. The smallest absolute Gasteiger partial charge is 0.282 e. The van der Waals surface area contributed by atoms with Crippen LogP contribution in [0.25, 0.3) is 11.3 Å². The molecule has 2 aromatic heterocycles. The Morgan fingerprint density at radius 3 is 2.73 bits per heavy atom. The molecule has 0 unspecified atom stereocenters. The molecule has 0 bridgehead atoms. The first-order valence-corrected chi connectivity index (χ1v) is 7.10. The van der Waals surface area contributed by atoms with E-state index in [4.69, 9.17) is 5.11 Å². The number of halogens is 3. The van der Waals surface area contributed by atoms with E-state index in [1.807, 2.05) is 0 Å². The summed E-state index contributed by atoms with van der Waals surface area (Å²) in [6, 6.07) is 1.28. The van der Waals surface area contributed by atoms with Gasteiger partial charge in [-0.3, -0.25) is 9.67 Å². The highest BCUT2D eigenvalue weighted by molar-refractivity contribution is 5.65. The molecule has 1 aliphatic carbocycles. The zero-order chi connectivity index (χ0) is 15.9. The topological polar surface area (TPSA) is 50.9 Å². The van der Waals surface area contributed by atoms with Crippen LogP contribution < -0.4 is 0 Å². The highest BCUT2D eigenvalue weighted by Crippen LogP contribution is 2.39. The quantitative estimate of drug-likeness (QED) is 0.943. The Kier molecular flexibility index (Phi) is 3.90. The van der Waals surface area contributed by atoms with Gasteiger partial charge >= 0.3 is 0 Å². The summed E-state index contributed by atoms with van der Waals surface area (Å²) in [6.45, 7) is 1.73. The molecule has 0 spiro atoms. The number of aliphatic hydroxyl groups is 1. The van der Waals surface area contributed by atoms with E-state index < -0.39 is 12.2 Å². The van der Waals surface area contributed by atoms with Crippen LogP contribution in [-0.2, 0) is 0 Å². The summed E-state index contributed by atoms with van der Waals surface area (Å²) in [5.41, 5.74) is 0.707. The van der Waals surface area contributed by atoms with Gasteiger partial charge < -0.3 is 5.11 Å². The molecule has 4 nitrogen and oxygen atoms in total. The molecule has 0 amide bonds. The average Bonchev–Trinajstić information content (AvgIpc) is 2.82. The van der Waals surface area contributed by atoms with Crippen molar-refractivity contribution in [2.45, 2.75) is 32.2 Å². The van der Waals surface area contributed by atoms with Crippen molar-refractivity contribution in [1.82, 2.24) is 14.8 Å². The van der Waals surface area contributed by atoms with Crippen molar-refractivity contribution in [2.24, 2.45) is 5.92 Å². The third-order valence-corrected chi connectivity index (χ3v) is 4.11. The van der Waals surface area contributed by atoms with Gasteiger partial charge in [-0.1, -0.05) is 0 Å². The number of hydrogen-bond donors (Lipinski definition) is 1. The van der Waals surface area contributed by atoms with Crippen molar-refractivity contribution >= 4 is 0 Å². The monoisotopic (exact) mass is 311 g/mol. The molecule has 0 radical (unpaired) electrons. The Morgan fingerprint density at radius 1 is 1.41 bits per heavy atom. The molecule has 2 heterocycles. The molecule has 1 saturated carbocycles. The van der Waals surface area contributed by atoms with Gasteiger partial charge in [0.15, 0.2) is 0 Å². The van der Waals surface area contributed by atoms with Crippen LogP contribution in [0.3, 0.4) is 0 Å². The Morgan fingerprint density at radius 2 is 2.14 bits per heavy atom. The molecule has 1 aliphatic rings. The largest absolute Gasteiger partial charge is 0.396 e. The Labute approximate surface area is 125 Å². The second-order valence-corrected chi connectivity index (χ2v) is 5.70. The van der Waals surface area contributed by atoms with Crippen LogP contribution >= 0.6 is 0 Å². The molecule has 2 aromatic rings. The lowest BCUT2D eigenvalue weighted by molar-refractivity contribution is 0.102. The van der Waals surface area contributed by atoms with Crippen LogP contribution in [0.1, 0.15) is 36.6 Å². The second kappa shape index (κ2) is 5.72. The number of aromatic nitrogens is 3. The molecule has 0 saturated heterocycles. The molecule has 3 rings (SSSR count). The lowest BCUT2D eigenvalue weighted by Crippen LogP contribution is -2.29. The first-order chi connectivity index (χ1) is 10.5. The molecule has 7 heteroatoms. The van der Waals surface area contributed by atoms with Crippen LogP contribution in [-0.4, -0.2) is 26.5 Å². The molecular weight excluding hydrogens is 295 g/mol.